The summed E-state index contributed by atoms with van der Waals surface area (Å²) >= 11 is 0. The maximum Gasteiger partial charge on any atom is 0.258 e. The molecule has 0 spiro atoms. The van der Waals surface area contributed by atoms with E-state index in [0.29, 0.717) is 11.7 Å². The largest absolute Gasteiger partial charge is 0.334 e. The molecule has 5 rings (SSSR count). The molecule has 1 fully saturated rings. The van der Waals surface area contributed by atoms with Crippen LogP contribution in [-0.2, 0) is 6.54 Å². The van der Waals surface area contributed by atoms with E-state index in [1.165, 1.54) is 25.9 Å². The predicted molar refractivity (Wildman–Crippen MR) is 109 cm³/mol. The fraction of sp³-hybridized carbons (Fsp3) is 0.318. The topological polar surface area (TPSA) is 60.0 Å². The predicted octanol–water partition coefficient (Wildman–Crippen LogP) is 4.16. The molecule has 0 radical (unpaired) electrons. The van der Waals surface area contributed by atoms with Gasteiger partial charge in [-0.2, -0.15) is 4.98 Å². The van der Waals surface area contributed by atoms with E-state index in [9.17, 15) is 0 Å². The summed E-state index contributed by atoms with van der Waals surface area (Å²) in [7, 11) is 0. The van der Waals surface area contributed by atoms with E-state index >= 15 is 0 Å². The van der Waals surface area contributed by atoms with Crippen LogP contribution >= 0.6 is 0 Å². The summed E-state index contributed by atoms with van der Waals surface area (Å²) in [4.78, 5) is 11.7. The third kappa shape index (κ3) is 3.31. The van der Waals surface area contributed by atoms with E-state index in [1.807, 2.05) is 36.7 Å². The molecule has 0 saturated carbocycles. The number of rotatable bonds is 5. The molecule has 142 valence electrons. The van der Waals surface area contributed by atoms with Crippen LogP contribution in [0.2, 0.25) is 0 Å². The van der Waals surface area contributed by atoms with Crippen LogP contribution in [0.5, 0.6) is 0 Å². The minimum atomic E-state index is 0.537. The van der Waals surface area contributed by atoms with Crippen LogP contribution in [0.15, 0.2) is 53.3 Å². The Morgan fingerprint density at radius 1 is 1.00 bits per heavy atom. The molecule has 28 heavy (non-hydrogen) atoms. The molecule has 1 aliphatic rings. The van der Waals surface area contributed by atoms with Gasteiger partial charge in [-0.3, -0.25) is 0 Å². The van der Waals surface area contributed by atoms with Crippen molar-refractivity contribution < 1.29 is 4.52 Å². The summed E-state index contributed by atoms with van der Waals surface area (Å²) in [5.41, 5.74) is 5.12. The molecule has 6 heteroatoms. The van der Waals surface area contributed by atoms with Gasteiger partial charge < -0.3 is 14.0 Å². The first kappa shape index (κ1) is 17.1. The number of fused-ring (bicyclic) bond motifs is 1. The second kappa shape index (κ2) is 7.20. The Balaban J connectivity index is 1.38. The molecular weight excluding hydrogens is 350 g/mol. The van der Waals surface area contributed by atoms with Crippen LogP contribution < -0.4 is 0 Å². The number of nitrogens with zero attached hydrogens (tertiary/aromatic N) is 5. The molecule has 0 unspecified atom stereocenters. The van der Waals surface area contributed by atoms with Gasteiger partial charge >= 0.3 is 0 Å². The third-order valence-corrected chi connectivity index (χ3v) is 5.43. The van der Waals surface area contributed by atoms with Gasteiger partial charge in [0.05, 0.1) is 17.4 Å². The van der Waals surface area contributed by atoms with Crippen molar-refractivity contribution in [2.75, 3.05) is 19.6 Å². The van der Waals surface area contributed by atoms with Crippen molar-refractivity contribution in [3.8, 4) is 22.8 Å². The summed E-state index contributed by atoms with van der Waals surface area (Å²) in [5, 5.41) is 4.17. The van der Waals surface area contributed by atoms with Gasteiger partial charge in [0.25, 0.3) is 5.89 Å². The molecular formula is C22H23N5O. The Hall–Kier alpha value is -2.99. The highest BCUT2D eigenvalue weighted by atomic mass is 16.5. The normalized spacial score (nSPS) is 14.9. The molecule has 4 aromatic rings. The highest BCUT2D eigenvalue weighted by Gasteiger charge is 2.14. The molecule has 0 atom stereocenters. The van der Waals surface area contributed by atoms with E-state index < -0.39 is 0 Å². The van der Waals surface area contributed by atoms with Gasteiger partial charge in [0.15, 0.2) is 0 Å². The summed E-state index contributed by atoms with van der Waals surface area (Å²) in [5.74, 6) is 1.12. The van der Waals surface area contributed by atoms with Crippen molar-refractivity contribution in [2.24, 2.45) is 0 Å². The first-order valence-electron chi connectivity index (χ1n) is 9.85. The van der Waals surface area contributed by atoms with Gasteiger partial charge in [0.1, 0.15) is 0 Å². The molecule has 2 aromatic heterocycles. The second-order valence-corrected chi connectivity index (χ2v) is 7.48. The standard InChI is InChI=1S/C22H23N5O/c1-16-5-4-6-18(13-16)22-24-21(25-28-22)17-7-8-20-19(14-17)23-15-27(20)12-11-26-9-2-3-10-26/h4-8,13-15H,2-3,9-12H2,1H3. The van der Waals surface area contributed by atoms with Gasteiger partial charge in [-0.25, -0.2) is 4.98 Å². The van der Waals surface area contributed by atoms with E-state index in [1.54, 1.807) is 0 Å². The fourth-order valence-corrected chi connectivity index (χ4v) is 3.87. The van der Waals surface area contributed by atoms with Crippen molar-refractivity contribution >= 4 is 11.0 Å². The Bertz CT molecular complexity index is 1110. The van der Waals surface area contributed by atoms with Crippen molar-refractivity contribution in [3.63, 3.8) is 0 Å². The zero-order valence-electron chi connectivity index (χ0n) is 16.0. The zero-order valence-corrected chi connectivity index (χ0v) is 16.0. The molecule has 3 heterocycles. The van der Waals surface area contributed by atoms with Gasteiger partial charge in [-0.05, 0) is 63.2 Å². The highest BCUT2D eigenvalue weighted by molar-refractivity contribution is 5.80. The van der Waals surface area contributed by atoms with Crippen molar-refractivity contribution in [1.82, 2.24) is 24.6 Å². The lowest BCUT2D eigenvalue weighted by Crippen LogP contribution is -2.23. The van der Waals surface area contributed by atoms with E-state index in [2.05, 4.69) is 43.6 Å². The smallest absolute Gasteiger partial charge is 0.258 e. The molecule has 2 aromatic carbocycles. The SMILES string of the molecule is Cc1cccc(-c2nc(-c3ccc4c(c3)ncn4CCN3CCCC3)no2)c1. The number of imidazole rings is 1. The van der Waals surface area contributed by atoms with E-state index in [-0.39, 0.29) is 0 Å². The Kier molecular flexibility index (Phi) is 4.41. The molecule has 0 amide bonds. The first-order valence-corrected chi connectivity index (χ1v) is 9.85. The Morgan fingerprint density at radius 2 is 1.89 bits per heavy atom. The van der Waals surface area contributed by atoms with Crippen LogP contribution in [0.1, 0.15) is 18.4 Å². The van der Waals surface area contributed by atoms with E-state index in [0.717, 1.165) is 40.8 Å². The van der Waals surface area contributed by atoms with Gasteiger partial charge in [0, 0.05) is 24.2 Å². The van der Waals surface area contributed by atoms with Crippen LogP contribution in [0.4, 0.5) is 0 Å². The van der Waals surface area contributed by atoms with Crippen molar-refractivity contribution in [3.05, 3.63) is 54.4 Å². The molecule has 6 nitrogen and oxygen atoms in total. The van der Waals surface area contributed by atoms with Gasteiger partial charge in [0.2, 0.25) is 5.82 Å². The van der Waals surface area contributed by atoms with Crippen LogP contribution in [0.25, 0.3) is 33.9 Å². The molecule has 0 bridgehead atoms. The molecule has 1 saturated heterocycles. The fourth-order valence-electron chi connectivity index (χ4n) is 3.87. The molecule has 1 aliphatic heterocycles. The molecule has 0 aliphatic carbocycles. The Labute approximate surface area is 163 Å². The summed E-state index contributed by atoms with van der Waals surface area (Å²) in [6.07, 6.45) is 4.57. The molecule has 0 N–H and O–H groups in total. The quantitative estimate of drug-likeness (QED) is 0.526. The zero-order chi connectivity index (χ0) is 18.9. The highest BCUT2D eigenvalue weighted by Crippen LogP contribution is 2.25. The van der Waals surface area contributed by atoms with Crippen molar-refractivity contribution in [1.29, 1.82) is 0 Å². The Morgan fingerprint density at radius 3 is 2.75 bits per heavy atom. The summed E-state index contributed by atoms with van der Waals surface area (Å²) in [6, 6.07) is 14.3. The van der Waals surface area contributed by atoms with Crippen LogP contribution in [0, 0.1) is 6.92 Å². The lowest BCUT2D eigenvalue weighted by molar-refractivity contribution is 0.324. The number of hydrogen-bond acceptors (Lipinski definition) is 5. The average molecular weight is 373 g/mol. The third-order valence-electron chi connectivity index (χ3n) is 5.43. The lowest BCUT2D eigenvalue weighted by Gasteiger charge is -2.14. The first-order chi connectivity index (χ1) is 13.8. The van der Waals surface area contributed by atoms with E-state index in [4.69, 9.17) is 4.52 Å². The van der Waals surface area contributed by atoms with Gasteiger partial charge in [-0.15, -0.1) is 0 Å². The summed E-state index contributed by atoms with van der Waals surface area (Å²) < 4.78 is 7.71. The number of likely N-dealkylation sites (tertiary alicyclic amines) is 1. The maximum absolute atomic E-state index is 5.48. The number of aromatic nitrogens is 4. The number of benzene rings is 2. The summed E-state index contributed by atoms with van der Waals surface area (Å²) in [6.45, 7) is 6.54. The van der Waals surface area contributed by atoms with Crippen LogP contribution in [0.3, 0.4) is 0 Å². The number of aryl methyl sites for hydroxylation is 1. The number of hydrogen-bond donors (Lipinski definition) is 0. The van der Waals surface area contributed by atoms with Crippen molar-refractivity contribution in [2.45, 2.75) is 26.3 Å². The minimum Gasteiger partial charge on any atom is -0.334 e. The van der Waals surface area contributed by atoms with Gasteiger partial charge in [-0.1, -0.05) is 22.9 Å². The maximum atomic E-state index is 5.48. The second-order valence-electron chi connectivity index (χ2n) is 7.48. The lowest BCUT2D eigenvalue weighted by atomic mass is 10.1. The monoisotopic (exact) mass is 373 g/mol. The minimum absolute atomic E-state index is 0.537. The average Bonchev–Trinajstić information content (AvgIpc) is 3.46. The van der Waals surface area contributed by atoms with Crippen LogP contribution in [-0.4, -0.2) is 44.2 Å².